The summed E-state index contributed by atoms with van der Waals surface area (Å²) in [4.78, 5) is 34.5. The van der Waals surface area contributed by atoms with Crippen LogP contribution in [0.15, 0.2) is 0 Å². The van der Waals surface area contributed by atoms with Gasteiger partial charge in [-0.2, -0.15) is 15.8 Å². The second-order valence-electron chi connectivity index (χ2n) is 5.22. The molecular weight excluding hydrogens is 380 g/mol. The number of rotatable bonds is 15. The maximum absolute atomic E-state index is 11.1. The number of nitriles is 3. The van der Waals surface area contributed by atoms with E-state index in [1.54, 1.807) is 18.2 Å². The number of nitro groups is 3. The van der Waals surface area contributed by atoms with Crippen molar-refractivity contribution in [1.82, 2.24) is 19.9 Å². The molecule has 0 aliphatic carbocycles. The minimum atomic E-state index is -0.818. The molecule has 0 amide bonds. The molecule has 0 fully saturated rings. The molecule has 16 heteroatoms. The van der Waals surface area contributed by atoms with Gasteiger partial charge in [-0.25, -0.2) is 35.2 Å². The van der Waals surface area contributed by atoms with Gasteiger partial charge < -0.3 is 0 Å². The molecule has 0 aliphatic rings. The molecule has 0 atom stereocenters. The quantitative estimate of drug-likeness (QED) is 0.191. The van der Waals surface area contributed by atoms with Gasteiger partial charge in [-0.3, -0.25) is 0 Å². The summed E-state index contributed by atoms with van der Waals surface area (Å²) in [5.41, 5.74) is 0. The molecule has 0 saturated heterocycles. The van der Waals surface area contributed by atoms with Gasteiger partial charge >= 0.3 is 0 Å². The molecule has 28 heavy (non-hydrogen) atoms. The third kappa shape index (κ3) is 9.50. The van der Waals surface area contributed by atoms with Gasteiger partial charge in [0, 0.05) is 0 Å². The molecule has 0 saturated carbocycles. The summed E-state index contributed by atoms with van der Waals surface area (Å²) in [6, 6.07) is 5.18. The summed E-state index contributed by atoms with van der Waals surface area (Å²) >= 11 is 0. The maximum Gasteiger partial charge on any atom is 0.161 e. The lowest BCUT2D eigenvalue weighted by molar-refractivity contribution is -0.680. The first-order chi connectivity index (χ1) is 13.3. The van der Waals surface area contributed by atoms with E-state index in [-0.39, 0.29) is 38.9 Å². The lowest BCUT2D eigenvalue weighted by atomic mass is 10.4. The fourth-order valence-corrected chi connectivity index (χ4v) is 1.98. The standard InChI is InChI=1S/C12H18N10O6/c13-4-1-7-17(20(23)24)10-16(11-18(21(25)26)8-2-5-14)12-19(22(27)28)9-3-6-15/h1-3,7-12H2. The Bertz CT molecular complexity index is 577. The summed E-state index contributed by atoms with van der Waals surface area (Å²) in [7, 11) is 0. The molecule has 0 N–H and O–H groups in total. The number of hydrogen-bond donors (Lipinski definition) is 0. The highest BCUT2D eigenvalue weighted by Crippen LogP contribution is 2.04. The first kappa shape index (κ1) is 24.0. The van der Waals surface area contributed by atoms with Crippen LogP contribution in [0.25, 0.3) is 0 Å². The van der Waals surface area contributed by atoms with Crippen LogP contribution in [-0.4, -0.2) is 74.7 Å². The Hall–Kier alpha value is -3.97. The fraction of sp³-hybridized carbons (Fsp3) is 0.750. The van der Waals surface area contributed by atoms with Crippen molar-refractivity contribution in [3.05, 3.63) is 30.3 Å². The Morgan fingerprint density at radius 2 is 0.857 bits per heavy atom. The number of hydrazine groups is 3. The fourth-order valence-electron chi connectivity index (χ4n) is 1.98. The summed E-state index contributed by atoms with van der Waals surface area (Å²) in [6.45, 7) is -2.55. The van der Waals surface area contributed by atoms with Crippen molar-refractivity contribution < 1.29 is 15.1 Å². The summed E-state index contributed by atoms with van der Waals surface area (Å²) < 4.78 is 0. The molecule has 16 nitrogen and oxygen atoms in total. The predicted octanol–water partition coefficient (Wildman–Crippen LogP) is -0.617. The van der Waals surface area contributed by atoms with Crippen LogP contribution >= 0.6 is 0 Å². The zero-order valence-electron chi connectivity index (χ0n) is 14.8. The minimum absolute atomic E-state index is 0.199. The van der Waals surface area contributed by atoms with Gasteiger partial charge in [-0.05, 0) is 0 Å². The van der Waals surface area contributed by atoms with Gasteiger partial charge in [0.2, 0.25) is 0 Å². The van der Waals surface area contributed by atoms with Crippen molar-refractivity contribution in [2.24, 2.45) is 0 Å². The third-order valence-corrected chi connectivity index (χ3v) is 3.23. The highest BCUT2D eigenvalue weighted by atomic mass is 16.7. The Balaban J connectivity index is 5.47. The molecule has 0 unspecified atom stereocenters. The second-order valence-corrected chi connectivity index (χ2v) is 5.22. The van der Waals surface area contributed by atoms with E-state index in [2.05, 4.69) is 0 Å². The van der Waals surface area contributed by atoms with E-state index in [0.717, 1.165) is 4.90 Å². The van der Waals surface area contributed by atoms with Crippen LogP contribution in [-0.2, 0) is 0 Å². The van der Waals surface area contributed by atoms with Crippen LogP contribution in [0.4, 0.5) is 0 Å². The first-order valence-corrected chi connectivity index (χ1v) is 7.77. The van der Waals surface area contributed by atoms with Crippen molar-refractivity contribution >= 4 is 0 Å². The highest BCUT2D eigenvalue weighted by Gasteiger charge is 2.28. The van der Waals surface area contributed by atoms with Crippen molar-refractivity contribution in [3.63, 3.8) is 0 Å². The van der Waals surface area contributed by atoms with Gasteiger partial charge in [0.1, 0.15) is 20.0 Å². The van der Waals surface area contributed by atoms with E-state index < -0.39 is 35.1 Å². The third-order valence-electron chi connectivity index (χ3n) is 3.23. The highest BCUT2D eigenvalue weighted by molar-refractivity contribution is 4.72. The van der Waals surface area contributed by atoms with Crippen LogP contribution in [0.1, 0.15) is 19.3 Å². The van der Waals surface area contributed by atoms with Crippen LogP contribution in [0.3, 0.4) is 0 Å². The largest absolute Gasteiger partial charge is 0.235 e. The molecular formula is C12H18N10O6. The maximum atomic E-state index is 11.1. The minimum Gasteiger partial charge on any atom is -0.235 e. The normalized spacial score (nSPS) is 9.64. The van der Waals surface area contributed by atoms with Gasteiger partial charge in [0.25, 0.3) is 0 Å². The van der Waals surface area contributed by atoms with E-state index in [1.165, 1.54) is 0 Å². The van der Waals surface area contributed by atoms with E-state index in [4.69, 9.17) is 15.8 Å². The van der Waals surface area contributed by atoms with E-state index in [1.807, 2.05) is 0 Å². The van der Waals surface area contributed by atoms with Gasteiger partial charge in [0.15, 0.2) is 15.1 Å². The molecule has 0 bridgehead atoms. The van der Waals surface area contributed by atoms with Gasteiger partial charge in [-0.15, -0.1) is 15.0 Å². The van der Waals surface area contributed by atoms with E-state index in [9.17, 15) is 30.3 Å². The first-order valence-electron chi connectivity index (χ1n) is 7.77. The molecule has 0 aliphatic heterocycles. The topological polar surface area (TPSA) is 214 Å². The molecule has 0 spiro atoms. The van der Waals surface area contributed by atoms with Gasteiger partial charge in [0.05, 0.1) is 57.1 Å². The van der Waals surface area contributed by atoms with Crippen LogP contribution < -0.4 is 0 Å². The Labute approximate surface area is 159 Å². The zero-order valence-corrected chi connectivity index (χ0v) is 14.8. The smallest absolute Gasteiger partial charge is 0.161 e. The van der Waals surface area contributed by atoms with Crippen molar-refractivity contribution in [3.8, 4) is 18.2 Å². The molecule has 0 aromatic carbocycles. The Morgan fingerprint density at radius 3 is 1.04 bits per heavy atom. The monoisotopic (exact) mass is 398 g/mol. The predicted molar refractivity (Wildman–Crippen MR) is 88.2 cm³/mol. The molecule has 0 radical (unpaired) electrons. The van der Waals surface area contributed by atoms with Crippen molar-refractivity contribution in [2.75, 3.05) is 39.6 Å². The van der Waals surface area contributed by atoms with Crippen LogP contribution in [0.2, 0.25) is 0 Å². The molecule has 0 aromatic heterocycles. The molecule has 0 rings (SSSR count). The summed E-state index contributed by atoms with van der Waals surface area (Å²) in [5, 5.41) is 58.5. The number of hydrogen-bond acceptors (Lipinski definition) is 10. The summed E-state index contributed by atoms with van der Waals surface area (Å²) in [5.74, 6) is 0. The lowest BCUT2D eigenvalue weighted by Gasteiger charge is -2.28. The van der Waals surface area contributed by atoms with Crippen LogP contribution in [0, 0.1) is 64.3 Å². The van der Waals surface area contributed by atoms with E-state index in [0.29, 0.717) is 15.0 Å². The average molecular weight is 398 g/mol. The average Bonchev–Trinajstić information content (AvgIpc) is 2.63. The van der Waals surface area contributed by atoms with Gasteiger partial charge in [-0.1, -0.05) is 0 Å². The van der Waals surface area contributed by atoms with Crippen molar-refractivity contribution in [1.29, 1.82) is 15.8 Å². The van der Waals surface area contributed by atoms with E-state index >= 15 is 0 Å². The van der Waals surface area contributed by atoms with Crippen LogP contribution in [0.5, 0.6) is 0 Å². The SMILES string of the molecule is N#CCCN(CN(CN(CCC#N)[N+](=O)[O-])CN(CCC#N)[N+](=O)[O-])[N+](=O)[O-]. The molecule has 0 heterocycles. The Kier molecular flexibility index (Phi) is 11.4. The zero-order chi connectivity index (χ0) is 21.5. The molecule has 0 aromatic rings. The molecule has 152 valence electrons. The lowest BCUT2D eigenvalue weighted by Crippen LogP contribution is -2.52. The Morgan fingerprint density at radius 1 is 0.607 bits per heavy atom. The summed E-state index contributed by atoms with van der Waals surface area (Å²) in [6.07, 6.45) is -0.596. The number of nitrogens with zero attached hydrogens (tertiary/aromatic N) is 10. The second kappa shape index (κ2) is 13.3. The van der Waals surface area contributed by atoms with Crippen molar-refractivity contribution in [2.45, 2.75) is 19.3 Å².